The van der Waals surface area contributed by atoms with Crippen molar-refractivity contribution < 1.29 is 34.1 Å². The number of hydrogen-bond donors (Lipinski definition) is 2. The van der Waals surface area contributed by atoms with Gasteiger partial charge in [0.15, 0.2) is 0 Å². The summed E-state index contributed by atoms with van der Waals surface area (Å²) in [5.41, 5.74) is 3.86. The number of amides is 1. The van der Waals surface area contributed by atoms with Crippen LogP contribution in [0, 0.1) is 23.7 Å². The zero-order valence-corrected chi connectivity index (χ0v) is 33.5. The van der Waals surface area contributed by atoms with Crippen LogP contribution in [0.4, 0.5) is 0 Å². The van der Waals surface area contributed by atoms with E-state index in [4.69, 9.17) is 24.2 Å². The fraction of sp³-hybridized carbons (Fsp3) is 0.478. The monoisotopic (exact) mass is 780 g/mol. The van der Waals surface area contributed by atoms with Crippen LogP contribution in [0.5, 0.6) is 17.2 Å². The molecule has 1 aliphatic heterocycles. The Morgan fingerprint density at radius 3 is 2.43 bits per heavy atom. The van der Waals surface area contributed by atoms with Crippen LogP contribution < -0.4 is 9.47 Å². The molecule has 7 rings (SSSR count). The summed E-state index contributed by atoms with van der Waals surface area (Å²) in [6, 6.07) is 23.6. The van der Waals surface area contributed by atoms with Gasteiger partial charge in [-0.15, -0.1) is 18.3 Å². The second-order valence-corrected chi connectivity index (χ2v) is 16.4. The number of aliphatic hydroxyl groups is 2. The van der Waals surface area contributed by atoms with Crippen LogP contribution in [0.3, 0.4) is 0 Å². The molecule has 3 aliphatic carbocycles. The first-order chi connectivity index (χ1) is 27.4. The van der Waals surface area contributed by atoms with Gasteiger partial charge in [0.2, 0.25) is 11.7 Å². The molecule has 0 aromatic heterocycles. The molecule has 1 amide bonds. The van der Waals surface area contributed by atoms with Gasteiger partial charge < -0.3 is 34.2 Å². The van der Waals surface area contributed by atoms with Crippen molar-refractivity contribution in [3.05, 3.63) is 108 Å². The van der Waals surface area contributed by atoms with Gasteiger partial charge in [-0.05, 0) is 110 Å². The summed E-state index contributed by atoms with van der Waals surface area (Å²) in [7, 11) is 1.88. The van der Waals surface area contributed by atoms with E-state index in [9.17, 15) is 15.0 Å². The van der Waals surface area contributed by atoms with Crippen molar-refractivity contribution in [1.29, 1.82) is 0 Å². The number of oxime groups is 1. The fourth-order valence-electron chi connectivity index (χ4n) is 9.10. The van der Waals surface area contributed by atoms with Crippen molar-refractivity contribution in [3.8, 4) is 17.2 Å². The van der Waals surface area contributed by atoms with Gasteiger partial charge in [0, 0.05) is 49.0 Å². The minimum absolute atomic E-state index is 0.00651. The first-order valence-corrected chi connectivity index (χ1v) is 21.5. The van der Waals surface area contributed by atoms with E-state index >= 15 is 0 Å². The number of likely N-dealkylation sites (N-methyl/N-ethyl adjacent to an activating group) is 1. The number of unbranched alkanes of at least 4 members (excludes halogenated alkanes) is 2. The van der Waals surface area contributed by atoms with Gasteiger partial charge in [-0.3, -0.25) is 4.79 Å². The largest absolute Gasteiger partial charge is 0.459 e. The van der Waals surface area contributed by atoms with E-state index < -0.39 is 11.8 Å². The maximum absolute atomic E-state index is 14.0. The number of allylic oxidation sites excluding steroid dienone is 1. The minimum atomic E-state index is -1.25. The van der Waals surface area contributed by atoms with E-state index in [2.05, 4.69) is 37.1 Å². The van der Waals surface area contributed by atoms with E-state index in [0.29, 0.717) is 37.4 Å². The number of carbonyl (C=O) groups is 1. The third-order valence-electron chi connectivity index (χ3n) is 11.9. The Labute approximate surface area is 335 Å². The van der Waals surface area contributed by atoms with E-state index in [-0.39, 0.29) is 55.3 Å². The number of aliphatic hydroxyl groups excluding tert-OH is 2. The predicted molar refractivity (Wildman–Crippen MR) is 220 cm³/mol. The Morgan fingerprint density at radius 1 is 1.00 bits per heavy atom. The average molecular weight is 781 g/mol. The topological polar surface area (TPSA) is 110 Å². The first kappa shape index (κ1) is 40.1. The van der Waals surface area contributed by atoms with Crippen LogP contribution in [0.2, 0.25) is 0 Å². The van der Waals surface area contributed by atoms with Gasteiger partial charge in [-0.2, -0.15) is 0 Å². The van der Waals surface area contributed by atoms with Gasteiger partial charge >= 0.3 is 0 Å². The third-order valence-corrected chi connectivity index (χ3v) is 12.7. The highest BCUT2D eigenvalue weighted by Crippen LogP contribution is 2.62. The minimum Gasteiger partial charge on any atom is -0.459 e. The molecule has 3 aromatic rings. The number of carbonyl (C=O) groups excluding carboxylic acids is 1. The summed E-state index contributed by atoms with van der Waals surface area (Å²) >= 11 is 1.69. The first-order valence-electron chi connectivity index (χ1n) is 20.2. The lowest BCUT2D eigenvalue weighted by Crippen LogP contribution is -2.69. The molecule has 298 valence electrons. The summed E-state index contributed by atoms with van der Waals surface area (Å²) in [6.07, 6.45) is 13.2. The molecule has 0 saturated heterocycles. The van der Waals surface area contributed by atoms with E-state index in [1.165, 1.54) is 0 Å². The number of fused-ring (bicyclic) bond motifs is 2. The zero-order valence-electron chi connectivity index (χ0n) is 32.7. The summed E-state index contributed by atoms with van der Waals surface area (Å²) < 4.78 is 20.8. The van der Waals surface area contributed by atoms with Crippen LogP contribution in [0.25, 0.3) is 0 Å². The van der Waals surface area contributed by atoms with E-state index in [0.717, 1.165) is 71.6 Å². The molecule has 0 spiro atoms. The summed E-state index contributed by atoms with van der Waals surface area (Å²) in [4.78, 5) is 23.2. The van der Waals surface area contributed by atoms with Crippen molar-refractivity contribution >= 4 is 23.4 Å². The fourth-order valence-corrected chi connectivity index (χ4v) is 9.51. The highest BCUT2D eigenvalue weighted by molar-refractivity contribution is 7.98. The smallest absolute Gasteiger partial charge is 0.239 e. The molecule has 2 fully saturated rings. The molecule has 3 aromatic carbocycles. The summed E-state index contributed by atoms with van der Waals surface area (Å²) in [5.74, 6) is 0.801. The normalized spacial score (nSPS) is 25.7. The molecule has 4 aliphatic rings. The summed E-state index contributed by atoms with van der Waals surface area (Å²) in [5, 5.41) is 24.7. The van der Waals surface area contributed by atoms with Crippen molar-refractivity contribution in [2.75, 3.05) is 33.1 Å². The van der Waals surface area contributed by atoms with Crippen LogP contribution in [-0.2, 0) is 21.0 Å². The number of nitrogens with zero attached hydrogens (tertiary/aromatic N) is 2. The number of rotatable bonds is 19. The van der Waals surface area contributed by atoms with Crippen molar-refractivity contribution in [1.82, 2.24) is 4.90 Å². The molecular formula is C46H56N2O7S. The standard InChI is InChI=1S/C46H56N2O7S/c1-4-26-52-46-42(48(2)45(51)32-16-17-32)29-40(47-53-30-31-12-6-5-7-13-31)38-27-33(14-8-10-24-49)37(15-9-11-25-50)43(44(38)46)39-28-35(20-23-41(39)55-46)54-34-18-21-36(56-3)22-19-34/h4-7,12-13,18-23,27-28,32-33,37,42-44,49-50H,1,8-11,14-17,24-26,29-30H2,2-3H3. The van der Waals surface area contributed by atoms with Crippen molar-refractivity contribution in [2.24, 2.45) is 28.8 Å². The Morgan fingerprint density at radius 2 is 1.73 bits per heavy atom. The van der Waals surface area contributed by atoms with Gasteiger partial charge in [-0.25, -0.2) is 0 Å². The van der Waals surface area contributed by atoms with Crippen LogP contribution in [0.1, 0.15) is 74.8 Å². The molecule has 10 heteroatoms. The van der Waals surface area contributed by atoms with E-state index in [1.807, 2.05) is 66.5 Å². The molecule has 6 unspecified atom stereocenters. The Bertz CT molecular complexity index is 1860. The van der Waals surface area contributed by atoms with Crippen LogP contribution in [-0.4, -0.2) is 71.7 Å². The summed E-state index contributed by atoms with van der Waals surface area (Å²) in [6.45, 7) is 4.83. The van der Waals surface area contributed by atoms with Gasteiger partial charge in [0.05, 0.1) is 18.2 Å². The van der Waals surface area contributed by atoms with E-state index in [1.54, 1.807) is 17.8 Å². The Balaban J connectivity index is 1.39. The lowest BCUT2D eigenvalue weighted by molar-refractivity contribution is -0.255. The molecule has 0 radical (unpaired) electrons. The Kier molecular flexibility index (Phi) is 13.2. The van der Waals surface area contributed by atoms with Gasteiger partial charge in [-0.1, -0.05) is 60.5 Å². The molecular weight excluding hydrogens is 725 g/mol. The maximum Gasteiger partial charge on any atom is 0.239 e. The van der Waals surface area contributed by atoms with Crippen molar-refractivity contribution in [3.63, 3.8) is 0 Å². The van der Waals surface area contributed by atoms with Crippen LogP contribution in [0.15, 0.2) is 107 Å². The Hall–Kier alpha value is -4.09. The predicted octanol–water partition coefficient (Wildman–Crippen LogP) is 8.90. The number of benzene rings is 3. The quantitative estimate of drug-likeness (QED) is 0.0538. The van der Waals surface area contributed by atoms with Crippen molar-refractivity contribution in [2.45, 2.75) is 87.0 Å². The second kappa shape index (κ2) is 18.4. The molecule has 2 N–H and O–H groups in total. The molecule has 56 heavy (non-hydrogen) atoms. The number of thioether (sulfide) groups is 1. The van der Waals surface area contributed by atoms with Gasteiger partial charge in [0.1, 0.15) is 29.9 Å². The number of ether oxygens (including phenoxy) is 3. The maximum atomic E-state index is 14.0. The molecule has 6 atom stereocenters. The molecule has 2 saturated carbocycles. The SMILES string of the molecule is C=CCOC12Oc3ccc(Oc4ccc(SC)cc4)cc3C3C(CCCCO)C(CCCCO)C=C(C(=NOCc4ccccc4)CC1N(C)C(=O)C1CC1)C32. The second-order valence-electron chi connectivity index (χ2n) is 15.5. The molecule has 9 nitrogen and oxygen atoms in total. The number of hydrogen-bond acceptors (Lipinski definition) is 9. The lowest BCUT2D eigenvalue weighted by atomic mass is 9.55. The molecule has 1 heterocycles. The zero-order chi connectivity index (χ0) is 39.1. The lowest BCUT2D eigenvalue weighted by Gasteiger charge is -2.59. The van der Waals surface area contributed by atoms with Crippen LogP contribution >= 0.6 is 11.8 Å². The molecule has 0 bridgehead atoms. The highest BCUT2D eigenvalue weighted by Gasteiger charge is 2.65. The average Bonchev–Trinajstić information content (AvgIpc) is 4.08. The highest BCUT2D eigenvalue weighted by atomic mass is 32.2. The van der Waals surface area contributed by atoms with Gasteiger partial charge in [0.25, 0.3) is 0 Å². The third kappa shape index (κ3) is 8.59.